The number of fused-ring (bicyclic) bond motifs is 2. The number of aromatic nitrogens is 3. The monoisotopic (exact) mass is 498 g/mol. The summed E-state index contributed by atoms with van der Waals surface area (Å²) in [5, 5.41) is 4.30. The lowest BCUT2D eigenvalue weighted by molar-refractivity contribution is -0.113. The SMILES string of the molecule is CCCCN1C(=O)/C(=c2\sc3nc(-c4ccc(F)cc4)nn3c2=O)c2cc(Br)ccc21. The second-order valence-electron chi connectivity index (χ2n) is 7.22. The molecule has 0 spiro atoms. The number of carbonyl (C=O) groups is 1. The summed E-state index contributed by atoms with van der Waals surface area (Å²) in [6.45, 7) is 2.67. The van der Waals surface area contributed by atoms with Crippen molar-refractivity contribution in [1.29, 1.82) is 0 Å². The van der Waals surface area contributed by atoms with Gasteiger partial charge in [0, 0.05) is 22.1 Å². The van der Waals surface area contributed by atoms with Crippen molar-refractivity contribution in [3.05, 3.63) is 73.2 Å². The zero-order valence-electron chi connectivity index (χ0n) is 16.4. The second kappa shape index (κ2) is 7.65. The number of carbonyl (C=O) groups excluding carboxylic acids is 1. The van der Waals surface area contributed by atoms with Crippen molar-refractivity contribution < 1.29 is 9.18 Å². The predicted molar refractivity (Wildman–Crippen MR) is 122 cm³/mol. The third-order valence-corrected chi connectivity index (χ3v) is 6.72. The number of thiazole rings is 1. The van der Waals surface area contributed by atoms with Gasteiger partial charge in [-0.25, -0.2) is 4.39 Å². The van der Waals surface area contributed by atoms with E-state index < -0.39 is 0 Å². The Bertz CT molecular complexity index is 1440. The summed E-state index contributed by atoms with van der Waals surface area (Å²) >= 11 is 4.61. The van der Waals surface area contributed by atoms with Gasteiger partial charge in [-0.1, -0.05) is 40.6 Å². The number of hydrogen-bond donors (Lipinski definition) is 0. The van der Waals surface area contributed by atoms with E-state index in [0.717, 1.165) is 39.9 Å². The summed E-state index contributed by atoms with van der Waals surface area (Å²) in [5.74, 6) is -0.197. The highest BCUT2D eigenvalue weighted by Crippen LogP contribution is 2.37. The van der Waals surface area contributed by atoms with Crippen LogP contribution >= 0.6 is 27.3 Å². The number of amides is 1. The highest BCUT2D eigenvalue weighted by atomic mass is 79.9. The molecule has 156 valence electrons. The van der Waals surface area contributed by atoms with Gasteiger partial charge in [-0.15, -0.1) is 5.10 Å². The molecule has 5 rings (SSSR count). The largest absolute Gasteiger partial charge is 0.308 e. The van der Waals surface area contributed by atoms with Crippen LogP contribution in [0.2, 0.25) is 0 Å². The Labute approximate surface area is 188 Å². The van der Waals surface area contributed by atoms with Crippen LogP contribution in [0.1, 0.15) is 25.3 Å². The van der Waals surface area contributed by atoms with E-state index in [1.165, 1.54) is 16.6 Å². The van der Waals surface area contributed by atoms with Gasteiger partial charge in [0.25, 0.3) is 11.5 Å². The zero-order chi connectivity index (χ0) is 21.7. The van der Waals surface area contributed by atoms with E-state index in [9.17, 15) is 14.0 Å². The van der Waals surface area contributed by atoms with Crippen molar-refractivity contribution in [2.24, 2.45) is 0 Å². The molecule has 1 aliphatic rings. The van der Waals surface area contributed by atoms with Gasteiger partial charge >= 0.3 is 0 Å². The van der Waals surface area contributed by atoms with E-state index in [1.54, 1.807) is 17.0 Å². The van der Waals surface area contributed by atoms with Gasteiger partial charge in [-0.3, -0.25) is 9.59 Å². The first kappa shape index (κ1) is 20.0. The Kier molecular flexibility index (Phi) is 4.94. The molecule has 0 atom stereocenters. The van der Waals surface area contributed by atoms with Crippen molar-refractivity contribution in [1.82, 2.24) is 14.6 Å². The molecule has 0 fully saturated rings. The second-order valence-corrected chi connectivity index (χ2v) is 9.11. The van der Waals surface area contributed by atoms with Crippen molar-refractivity contribution >= 4 is 49.4 Å². The van der Waals surface area contributed by atoms with E-state index >= 15 is 0 Å². The maximum absolute atomic E-state index is 13.3. The molecule has 0 aliphatic carbocycles. The first-order chi connectivity index (χ1) is 15.0. The Morgan fingerprint density at radius 3 is 2.61 bits per heavy atom. The molecule has 0 radical (unpaired) electrons. The molecule has 0 N–H and O–H groups in total. The molecule has 0 saturated heterocycles. The van der Waals surface area contributed by atoms with E-state index in [0.29, 0.717) is 33.0 Å². The predicted octanol–water partition coefficient (Wildman–Crippen LogP) is 3.78. The number of unbranched alkanes of at least 4 members (excludes halogenated alkanes) is 1. The third-order valence-electron chi connectivity index (χ3n) is 5.20. The minimum Gasteiger partial charge on any atom is -0.308 e. The number of anilines is 1. The summed E-state index contributed by atoms with van der Waals surface area (Å²) in [4.78, 5) is 33.1. The van der Waals surface area contributed by atoms with Crippen LogP contribution in [-0.2, 0) is 4.79 Å². The smallest absolute Gasteiger partial charge is 0.291 e. The molecule has 6 nitrogen and oxygen atoms in total. The molecule has 2 aromatic carbocycles. The maximum atomic E-state index is 13.3. The van der Waals surface area contributed by atoms with Gasteiger partial charge in [0.15, 0.2) is 5.82 Å². The Hall–Kier alpha value is -2.91. The average molecular weight is 499 g/mol. The van der Waals surface area contributed by atoms with E-state index in [1.807, 2.05) is 18.2 Å². The third kappa shape index (κ3) is 3.28. The molecule has 1 aliphatic heterocycles. The summed E-state index contributed by atoms with van der Waals surface area (Å²) in [7, 11) is 0. The lowest BCUT2D eigenvalue weighted by atomic mass is 10.1. The molecule has 31 heavy (non-hydrogen) atoms. The number of nitrogens with zero attached hydrogens (tertiary/aromatic N) is 4. The van der Waals surface area contributed by atoms with Gasteiger partial charge in [-0.05, 0) is 48.9 Å². The highest BCUT2D eigenvalue weighted by Gasteiger charge is 2.34. The lowest BCUT2D eigenvalue weighted by Crippen LogP contribution is -2.33. The van der Waals surface area contributed by atoms with Crippen molar-refractivity contribution in [3.63, 3.8) is 0 Å². The molecule has 0 saturated carbocycles. The topological polar surface area (TPSA) is 67.6 Å². The van der Waals surface area contributed by atoms with E-state index in [4.69, 9.17) is 0 Å². The van der Waals surface area contributed by atoms with Crippen LogP contribution in [-0.4, -0.2) is 27.0 Å². The van der Waals surface area contributed by atoms with Gasteiger partial charge in [0.1, 0.15) is 10.3 Å². The Morgan fingerprint density at radius 2 is 1.90 bits per heavy atom. The Balaban J connectivity index is 1.69. The van der Waals surface area contributed by atoms with Crippen LogP contribution in [0, 0.1) is 5.82 Å². The molecule has 1 amide bonds. The molecule has 9 heteroatoms. The van der Waals surface area contributed by atoms with Gasteiger partial charge in [-0.2, -0.15) is 9.50 Å². The van der Waals surface area contributed by atoms with Gasteiger partial charge in [0.05, 0.1) is 11.3 Å². The van der Waals surface area contributed by atoms with Crippen molar-refractivity contribution in [3.8, 4) is 11.4 Å². The molecule has 0 unspecified atom stereocenters. The van der Waals surface area contributed by atoms with Crippen LogP contribution in [0.15, 0.2) is 51.7 Å². The van der Waals surface area contributed by atoms with Gasteiger partial charge < -0.3 is 4.90 Å². The fourth-order valence-electron chi connectivity index (χ4n) is 3.67. The fourth-order valence-corrected chi connectivity index (χ4v) is 5.03. The molecular weight excluding hydrogens is 483 g/mol. The number of benzene rings is 2. The summed E-state index contributed by atoms with van der Waals surface area (Å²) < 4.78 is 15.6. The zero-order valence-corrected chi connectivity index (χ0v) is 18.8. The molecule has 2 aromatic heterocycles. The number of rotatable bonds is 4. The lowest BCUT2D eigenvalue weighted by Gasteiger charge is -2.16. The normalized spacial score (nSPS) is 15.2. The Morgan fingerprint density at radius 1 is 1.13 bits per heavy atom. The van der Waals surface area contributed by atoms with Crippen LogP contribution in [0.5, 0.6) is 0 Å². The van der Waals surface area contributed by atoms with Crippen LogP contribution in [0.4, 0.5) is 10.1 Å². The van der Waals surface area contributed by atoms with Crippen molar-refractivity contribution in [2.75, 3.05) is 11.4 Å². The number of hydrogen-bond acceptors (Lipinski definition) is 5. The van der Waals surface area contributed by atoms with E-state index in [2.05, 4.69) is 32.9 Å². The van der Waals surface area contributed by atoms with Crippen molar-refractivity contribution in [2.45, 2.75) is 19.8 Å². The molecule has 0 bridgehead atoms. The summed E-state index contributed by atoms with van der Waals surface area (Å²) in [6, 6.07) is 11.4. The molecule has 3 heterocycles. The van der Waals surface area contributed by atoms with Crippen LogP contribution in [0.3, 0.4) is 0 Å². The van der Waals surface area contributed by atoms with Gasteiger partial charge in [0.2, 0.25) is 4.96 Å². The quantitative estimate of drug-likeness (QED) is 0.429. The number of halogens is 2. The maximum Gasteiger partial charge on any atom is 0.291 e. The molecule has 4 aromatic rings. The van der Waals surface area contributed by atoms with Crippen LogP contribution < -0.4 is 15.0 Å². The first-order valence-electron chi connectivity index (χ1n) is 9.79. The van der Waals surface area contributed by atoms with E-state index in [-0.39, 0.29) is 17.3 Å². The summed E-state index contributed by atoms with van der Waals surface area (Å²) in [5.41, 5.74) is 2.16. The standard InChI is InChI=1S/C22H16BrFN4O2S/c1-2-3-10-27-16-9-6-13(23)11-15(16)17(20(27)29)18-21(30)28-22(31-18)25-19(26-28)12-4-7-14(24)8-5-12/h4-9,11H,2-3,10H2,1H3/b18-17-. The highest BCUT2D eigenvalue weighted by molar-refractivity contribution is 9.10. The minimum absolute atomic E-state index is 0.179. The van der Waals surface area contributed by atoms with Crippen LogP contribution in [0.25, 0.3) is 21.9 Å². The minimum atomic E-state index is -0.382. The fraction of sp³-hybridized carbons (Fsp3) is 0.182. The first-order valence-corrected chi connectivity index (χ1v) is 11.4. The molecular formula is C22H16BrFN4O2S. The summed E-state index contributed by atoms with van der Waals surface area (Å²) in [6.07, 6.45) is 1.83. The average Bonchev–Trinajstić information content (AvgIpc) is 3.38.